The van der Waals surface area contributed by atoms with Gasteiger partial charge in [0.15, 0.2) is 0 Å². The van der Waals surface area contributed by atoms with E-state index in [0.717, 1.165) is 5.92 Å². The molecule has 0 aromatic heterocycles. The van der Waals surface area contributed by atoms with Gasteiger partial charge in [-0.2, -0.15) is 0 Å². The van der Waals surface area contributed by atoms with Crippen molar-refractivity contribution in [2.75, 3.05) is 13.2 Å². The van der Waals surface area contributed by atoms with Crippen LogP contribution in [0.3, 0.4) is 0 Å². The summed E-state index contributed by atoms with van der Waals surface area (Å²) >= 11 is 0. The van der Waals surface area contributed by atoms with E-state index in [9.17, 15) is 0 Å². The van der Waals surface area contributed by atoms with Gasteiger partial charge in [0, 0.05) is 19.1 Å². The summed E-state index contributed by atoms with van der Waals surface area (Å²) < 4.78 is 0. The first-order chi connectivity index (χ1) is 7.23. The van der Waals surface area contributed by atoms with Gasteiger partial charge in [0.25, 0.3) is 0 Å². The molecule has 2 fully saturated rings. The lowest BCUT2D eigenvalue weighted by molar-refractivity contribution is -0.103. The average Bonchev–Trinajstić information content (AvgIpc) is 2.12. The Balaban J connectivity index is 1.70. The van der Waals surface area contributed by atoms with Crippen LogP contribution in [0.5, 0.6) is 0 Å². The molecule has 0 unspecified atom stereocenters. The van der Waals surface area contributed by atoms with Gasteiger partial charge in [-0.05, 0) is 42.9 Å². The van der Waals surface area contributed by atoms with E-state index in [2.05, 4.69) is 6.92 Å². The van der Waals surface area contributed by atoms with Crippen LogP contribution >= 0.6 is 0 Å². The fourth-order valence-corrected chi connectivity index (χ4v) is 3.85. The van der Waals surface area contributed by atoms with E-state index < -0.39 is 0 Å². The lowest BCUT2D eigenvalue weighted by Crippen LogP contribution is -2.50. The zero-order valence-corrected chi connectivity index (χ0v) is 9.78. The summed E-state index contributed by atoms with van der Waals surface area (Å²) in [6, 6.07) is 0. The van der Waals surface area contributed by atoms with Gasteiger partial charge in [0.05, 0.1) is 0 Å². The van der Waals surface area contributed by atoms with Gasteiger partial charge in [-0.15, -0.1) is 0 Å². The Morgan fingerprint density at radius 2 is 1.73 bits per heavy atom. The predicted molar refractivity (Wildman–Crippen MR) is 60.5 cm³/mol. The van der Waals surface area contributed by atoms with E-state index in [4.69, 9.17) is 10.2 Å². The summed E-state index contributed by atoms with van der Waals surface area (Å²) in [7, 11) is 0. The molecule has 0 aromatic carbocycles. The molecule has 0 radical (unpaired) electrons. The molecule has 2 aliphatic rings. The van der Waals surface area contributed by atoms with Gasteiger partial charge in [0.1, 0.15) is 0 Å². The molecule has 2 rings (SSSR count). The molecule has 88 valence electrons. The highest BCUT2D eigenvalue weighted by atomic mass is 16.3. The van der Waals surface area contributed by atoms with Crippen LogP contribution in [0.4, 0.5) is 0 Å². The topological polar surface area (TPSA) is 40.5 Å². The van der Waals surface area contributed by atoms with Crippen molar-refractivity contribution < 1.29 is 10.2 Å². The molecule has 0 atom stereocenters. The fraction of sp³-hybridized carbons (Fsp3) is 1.00. The molecular weight excluding hydrogens is 188 g/mol. The number of aliphatic hydroxyl groups excluding tert-OH is 2. The zero-order valence-electron chi connectivity index (χ0n) is 9.78. The quantitative estimate of drug-likeness (QED) is 0.733. The van der Waals surface area contributed by atoms with Crippen LogP contribution < -0.4 is 0 Å². The Hall–Kier alpha value is -0.0800. The van der Waals surface area contributed by atoms with Gasteiger partial charge < -0.3 is 10.2 Å². The molecular formula is C13H24O2. The maximum absolute atomic E-state index is 9.10. The summed E-state index contributed by atoms with van der Waals surface area (Å²) in [5.41, 5.74) is 0.646. The molecule has 1 spiro atoms. The van der Waals surface area contributed by atoms with Crippen LogP contribution in [0.25, 0.3) is 0 Å². The van der Waals surface area contributed by atoms with Gasteiger partial charge in [-0.1, -0.05) is 19.8 Å². The summed E-state index contributed by atoms with van der Waals surface area (Å²) in [6.07, 6.45) is 8.08. The van der Waals surface area contributed by atoms with Crippen molar-refractivity contribution in [3.05, 3.63) is 0 Å². The Kier molecular flexibility index (Phi) is 3.36. The molecule has 15 heavy (non-hydrogen) atoms. The molecule has 2 aliphatic carbocycles. The lowest BCUT2D eigenvalue weighted by Gasteiger charge is -2.59. The minimum atomic E-state index is 0.154. The normalized spacial score (nSPS) is 39.2. The monoisotopic (exact) mass is 212 g/mol. The molecule has 0 amide bonds. The molecule has 0 bridgehead atoms. The molecule has 2 N–H and O–H groups in total. The van der Waals surface area contributed by atoms with Crippen molar-refractivity contribution in [2.24, 2.45) is 23.2 Å². The van der Waals surface area contributed by atoms with Gasteiger partial charge in [0.2, 0.25) is 0 Å². The number of aliphatic hydroxyl groups is 2. The molecule has 2 saturated carbocycles. The Morgan fingerprint density at radius 1 is 1.13 bits per heavy atom. The first kappa shape index (κ1) is 11.4. The van der Waals surface area contributed by atoms with E-state index in [-0.39, 0.29) is 19.1 Å². The maximum atomic E-state index is 9.10. The summed E-state index contributed by atoms with van der Waals surface area (Å²) in [5, 5.41) is 18.2. The SMILES string of the molecule is CCCC1CC2(C1)CC(C(CO)CO)C2. The highest BCUT2D eigenvalue weighted by Crippen LogP contribution is 2.63. The van der Waals surface area contributed by atoms with E-state index in [0.29, 0.717) is 11.3 Å². The molecule has 0 aliphatic heterocycles. The average molecular weight is 212 g/mol. The van der Waals surface area contributed by atoms with Crippen LogP contribution in [0.1, 0.15) is 45.4 Å². The molecule has 2 nitrogen and oxygen atoms in total. The van der Waals surface area contributed by atoms with E-state index in [1.165, 1.54) is 38.5 Å². The second-order valence-electron chi connectivity index (χ2n) is 5.86. The van der Waals surface area contributed by atoms with E-state index in [1.54, 1.807) is 0 Å². The molecule has 0 heterocycles. The van der Waals surface area contributed by atoms with Crippen LogP contribution in [0.15, 0.2) is 0 Å². The molecule has 0 aromatic rings. The zero-order chi connectivity index (χ0) is 10.9. The van der Waals surface area contributed by atoms with Crippen LogP contribution in [-0.2, 0) is 0 Å². The third-order valence-electron chi connectivity index (χ3n) is 4.67. The van der Waals surface area contributed by atoms with Gasteiger partial charge >= 0.3 is 0 Å². The standard InChI is InChI=1S/C13H24O2/c1-2-3-10-4-13(5-10)6-11(7-13)12(8-14)9-15/h10-12,14-15H,2-9H2,1H3. The largest absolute Gasteiger partial charge is 0.396 e. The van der Waals surface area contributed by atoms with Gasteiger partial charge in [-0.3, -0.25) is 0 Å². The van der Waals surface area contributed by atoms with Crippen molar-refractivity contribution in [3.8, 4) is 0 Å². The highest BCUT2D eigenvalue weighted by molar-refractivity contribution is 5.03. The van der Waals surface area contributed by atoms with E-state index in [1.807, 2.05) is 0 Å². The molecule has 0 saturated heterocycles. The van der Waals surface area contributed by atoms with Crippen molar-refractivity contribution in [1.82, 2.24) is 0 Å². The maximum Gasteiger partial charge on any atom is 0.0483 e. The van der Waals surface area contributed by atoms with Gasteiger partial charge in [-0.25, -0.2) is 0 Å². The fourth-order valence-electron chi connectivity index (χ4n) is 3.85. The van der Waals surface area contributed by atoms with Crippen molar-refractivity contribution in [3.63, 3.8) is 0 Å². The van der Waals surface area contributed by atoms with Crippen LogP contribution in [0, 0.1) is 23.2 Å². The van der Waals surface area contributed by atoms with Crippen molar-refractivity contribution in [2.45, 2.75) is 45.4 Å². The highest BCUT2D eigenvalue weighted by Gasteiger charge is 2.53. The van der Waals surface area contributed by atoms with Crippen molar-refractivity contribution >= 4 is 0 Å². The number of hydrogen-bond donors (Lipinski definition) is 2. The minimum absolute atomic E-state index is 0.154. The third-order valence-corrected chi connectivity index (χ3v) is 4.67. The summed E-state index contributed by atoms with van der Waals surface area (Å²) in [4.78, 5) is 0. The number of rotatable bonds is 5. The smallest absolute Gasteiger partial charge is 0.0483 e. The summed E-state index contributed by atoms with van der Waals surface area (Å²) in [6.45, 7) is 2.59. The van der Waals surface area contributed by atoms with Crippen LogP contribution in [0.2, 0.25) is 0 Å². The summed E-state index contributed by atoms with van der Waals surface area (Å²) in [5.74, 6) is 1.74. The molecule has 2 heteroatoms. The first-order valence-electron chi connectivity index (χ1n) is 6.44. The third kappa shape index (κ3) is 2.07. The Labute approximate surface area is 92.7 Å². The first-order valence-corrected chi connectivity index (χ1v) is 6.44. The Bertz CT molecular complexity index is 197. The second-order valence-corrected chi connectivity index (χ2v) is 5.86. The Morgan fingerprint density at radius 3 is 2.20 bits per heavy atom. The minimum Gasteiger partial charge on any atom is -0.396 e. The predicted octanol–water partition coefficient (Wildman–Crippen LogP) is 2.19. The van der Waals surface area contributed by atoms with Crippen LogP contribution in [-0.4, -0.2) is 23.4 Å². The number of hydrogen-bond acceptors (Lipinski definition) is 2. The second kappa shape index (κ2) is 4.42. The lowest BCUT2D eigenvalue weighted by atomic mass is 9.46. The van der Waals surface area contributed by atoms with E-state index >= 15 is 0 Å². The van der Waals surface area contributed by atoms with Crippen molar-refractivity contribution in [1.29, 1.82) is 0 Å².